The van der Waals surface area contributed by atoms with Crippen molar-refractivity contribution in [2.24, 2.45) is 5.73 Å². The summed E-state index contributed by atoms with van der Waals surface area (Å²) in [6.07, 6.45) is 1.04. The van der Waals surface area contributed by atoms with Crippen LogP contribution in [0.3, 0.4) is 0 Å². The Bertz CT molecular complexity index is 634. The minimum Gasteiger partial charge on any atom is -0.321 e. The Hall–Kier alpha value is -0.660. The molecule has 2 rings (SSSR count). The molecule has 0 saturated carbocycles. The molecule has 1 unspecified atom stereocenters. The van der Waals surface area contributed by atoms with Crippen LogP contribution in [0, 0.1) is 0 Å². The Labute approximate surface area is 127 Å². The number of ketones is 1. The average molecular weight is 337 g/mol. The topological polar surface area (TPSA) is 80.5 Å². The van der Waals surface area contributed by atoms with Gasteiger partial charge in [0.25, 0.3) is 0 Å². The molecule has 1 aromatic rings. The molecule has 1 fully saturated rings. The highest BCUT2D eigenvalue weighted by atomic mass is 35.5. The van der Waals surface area contributed by atoms with E-state index in [9.17, 15) is 13.2 Å². The average Bonchev–Trinajstić information content (AvgIpc) is 2.56. The number of nitrogens with zero attached hydrogens (tertiary/aromatic N) is 1. The smallest absolute Gasteiger partial charge is 0.243 e. The number of hydrogen-bond acceptors (Lipinski definition) is 4. The minimum atomic E-state index is -3.77. The Morgan fingerprint density at radius 2 is 1.95 bits per heavy atom. The minimum absolute atomic E-state index is 0.0233. The van der Waals surface area contributed by atoms with Gasteiger partial charge in [-0.25, -0.2) is 8.42 Å². The number of carbonyl (C=O) groups excluding carboxylic acids is 1. The fraction of sp³-hybridized carbons (Fsp3) is 0.417. The normalized spacial score (nSPS) is 21.8. The van der Waals surface area contributed by atoms with Gasteiger partial charge in [0.2, 0.25) is 10.0 Å². The zero-order valence-corrected chi connectivity index (χ0v) is 12.9. The van der Waals surface area contributed by atoms with Crippen LogP contribution >= 0.6 is 23.2 Å². The largest absolute Gasteiger partial charge is 0.321 e. The molecule has 1 aliphatic heterocycles. The van der Waals surface area contributed by atoms with Gasteiger partial charge in [-0.3, -0.25) is 4.79 Å². The van der Waals surface area contributed by atoms with Crippen molar-refractivity contribution in [2.45, 2.75) is 23.8 Å². The number of nitrogens with two attached hydrogens (primary N) is 1. The maximum atomic E-state index is 12.5. The zero-order valence-electron chi connectivity index (χ0n) is 10.6. The first-order valence-corrected chi connectivity index (χ1v) is 8.25. The third kappa shape index (κ3) is 3.15. The summed E-state index contributed by atoms with van der Waals surface area (Å²) in [7, 11) is -3.77. The van der Waals surface area contributed by atoms with Gasteiger partial charge >= 0.3 is 0 Å². The van der Waals surface area contributed by atoms with Crippen LogP contribution in [0.15, 0.2) is 23.1 Å². The molecule has 0 aliphatic carbocycles. The first kappa shape index (κ1) is 15.7. The lowest BCUT2D eigenvalue weighted by atomic mass is 10.1. The van der Waals surface area contributed by atoms with E-state index < -0.39 is 16.1 Å². The van der Waals surface area contributed by atoms with Crippen molar-refractivity contribution >= 4 is 39.0 Å². The summed E-state index contributed by atoms with van der Waals surface area (Å²) in [5.41, 5.74) is 5.66. The van der Waals surface area contributed by atoms with Gasteiger partial charge in [0.05, 0.1) is 27.5 Å². The maximum absolute atomic E-state index is 12.5. The molecule has 0 bridgehead atoms. The van der Waals surface area contributed by atoms with Crippen LogP contribution in [-0.2, 0) is 14.8 Å². The van der Waals surface area contributed by atoms with Crippen LogP contribution in [0.1, 0.15) is 12.8 Å². The first-order chi connectivity index (χ1) is 9.32. The Morgan fingerprint density at radius 1 is 1.25 bits per heavy atom. The first-order valence-electron chi connectivity index (χ1n) is 6.06. The quantitative estimate of drug-likeness (QED) is 0.890. The van der Waals surface area contributed by atoms with Crippen LogP contribution < -0.4 is 5.73 Å². The van der Waals surface area contributed by atoms with Crippen molar-refractivity contribution in [3.8, 4) is 0 Å². The zero-order chi connectivity index (χ0) is 14.9. The van der Waals surface area contributed by atoms with E-state index in [2.05, 4.69) is 0 Å². The predicted molar refractivity (Wildman–Crippen MR) is 77.4 cm³/mol. The summed E-state index contributed by atoms with van der Waals surface area (Å²) in [4.78, 5) is 11.8. The number of halogens is 2. The molecule has 1 saturated heterocycles. The number of hydrogen-bond donors (Lipinski definition) is 1. The van der Waals surface area contributed by atoms with Crippen LogP contribution in [0.5, 0.6) is 0 Å². The lowest BCUT2D eigenvalue weighted by molar-refractivity contribution is -0.120. The summed E-state index contributed by atoms with van der Waals surface area (Å²) >= 11 is 11.6. The molecule has 1 atom stereocenters. The second-order valence-electron chi connectivity index (χ2n) is 4.63. The summed E-state index contributed by atoms with van der Waals surface area (Å²) in [6.45, 7) is 0.0613. The second-order valence-corrected chi connectivity index (χ2v) is 7.38. The molecule has 1 aliphatic rings. The van der Waals surface area contributed by atoms with Gasteiger partial charge in [-0.15, -0.1) is 0 Å². The molecule has 0 radical (unpaired) electrons. The van der Waals surface area contributed by atoms with Crippen molar-refractivity contribution in [2.75, 3.05) is 13.1 Å². The number of Topliss-reactive ketones (excluding diaryl/α,β-unsaturated/α-hetero) is 1. The van der Waals surface area contributed by atoms with Crippen molar-refractivity contribution in [1.82, 2.24) is 4.31 Å². The number of sulfonamides is 1. The fourth-order valence-electron chi connectivity index (χ4n) is 2.01. The number of benzene rings is 1. The van der Waals surface area contributed by atoms with E-state index in [0.717, 1.165) is 4.31 Å². The highest BCUT2D eigenvalue weighted by Gasteiger charge is 2.31. The lowest BCUT2D eigenvalue weighted by Crippen LogP contribution is -2.39. The SMILES string of the molecule is NC1CCCN(S(=O)(=O)c2ccc(Cl)c(Cl)c2)CC1=O. The second kappa shape index (κ2) is 5.99. The molecule has 1 aromatic carbocycles. The van der Waals surface area contributed by atoms with Gasteiger partial charge in [0.1, 0.15) is 0 Å². The standard InChI is InChI=1S/C12H14Cl2N2O3S/c13-9-4-3-8(6-10(9)14)20(18,19)16-5-1-2-11(15)12(17)7-16/h3-4,6,11H,1-2,5,7,15H2. The molecule has 0 spiro atoms. The molecule has 110 valence electrons. The molecule has 1 heterocycles. The molecule has 8 heteroatoms. The van der Waals surface area contributed by atoms with Crippen LogP contribution in [-0.4, -0.2) is 37.6 Å². The Kier molecular flexibility index (Phi) is 4.71. The monoisotopic (exact) mass is 336 g/mol. The molecule has 20 heavy (non-hydrogen) atoms. The summed E-state index contributed by atoms with van der Waals surface area (Å²) in [5, 5.41) is 0.435. The highest BCUT2D eigenvalue weighted by Crippen LogP contribution is 2.27. The predicted octanol–water partition coefficient (Wildman–Crippen LogP) is 1.67. The van der Waals surface area contributed by atoms with E-state index in [1.165, 1.54) is 18.2 Å². The van der Waals surface area contributed by atoms with Crippen LogP contribution in [0.25, 0.3) is 0 Å². The lowest BCUT2D eigenvalue weighted by Gasteiger charge is -2.19. The van der Waals surface area contributed by atoms with E-state index in [4.69, 9.17) is 28.9 Å². The maximum Gasteiger partial charge on any atom is 0.243 e. The highest BCUT2D eigenvalue weighted by molar-refractivity contribution is 7.89. The van der Waals surface area contributed by atoms with Crippen molar-refractivity contribution in [1.29, 1.82) is 0 Å². The van der Waals surface area contributed by atoms with Gasteiger partial charge in [-0.1, -0.05) is 23.2 Å². The molecule has 2 N–H and O–H groups in total. The van der Waals surface area contributed by atoms with Crippen molar-refractivity contribution < 1.29 is 13.2 Å². The third-order valence-electron chi connectivity index (χ3n) is 3.20. The van der Waals surface area contributed by atoms with Gasteiger partial charge in [0.15, 0.2) is 5.78 Å². The van der Waals surface area contributed by atoms with Crippen LogP contribution in [0.2, 0.25) is 10.0 Å². The van der Waals surface area contributed by atoms with Gasteiger partial charge in [0, 0.05) is 6.54 Å². The summed E-state index contributed by atoms with van der Waals surface area (Å²) in [6, 6.07) is 3.49. The molecule has 0 amide bonds. The molecule has 0 aromatic heterocycles. The Balaban J connectivity index is 2.34. The van der Waals surface area contributed by atoms with Gasteiger partial charge in [-0.05, 0) is 31.0 Å². The van der Waals surface area contributed by atoms with E-state index in [1.807, 2.05) is 0 Å². The summed E-state index contributed by atoms with van der Waals surface area (Å²) in [5.74, 6) is -0.272. The van der Waals surface area contributed by atoms with E-state index in [-0.39, 0.29) is 33.8 Å². The van der Waals surface area contributed by atoms with Crippen molar-refractivity contribution in [3.05, 3.63) is 28.2 Å². The van der Waals surface area contributed by atoms with Gasteiger partial charge < -0.3 is 5.73 Å². The van der Waals surface area contributed by atoms with Crippen molar-refractivity contribution in [3.63, 3.8) is 0 Å². The Morgan fingerprint density at radius 3 is 2.60 bits per heavy atom. The molecular formula is C12H14Cl2N2O3S. The van der Waals surface area contributed by atoms with E-state index >= 15 is 0 Å². The van der Waals surface area contributed by atoms with E-state index in [0.29, 0.717) is 12.8 Å². The third-order valence-corrected chi connectivity index (χ3v) is 5.78. The fourth-order valence-corrected chi connectivity index (χ4v) is 3.84. The number of carbonyl (C=O) groups is 1. The van der Waals surface area contributed by atoms with Gasteiger partial charge in [-0.2, -0.15) is 4.31 Å². The van der Waals surface area contributed by atoms with E-state index in [1.54, 1.807) is 0 Å². The summed E-state index contributed by atoms with van der Waals surface area (Å²) < 4.78 is 26.1. The molecule has 5 nitrogen and oxygen atoms in total. The molecular weight excluding hydrogens is 323 g/mol. The van der Waals surface area contributed by atoms with Crippen LogP contribution in [0.4, 0.5) is 0 Å². The number of rotatable bonds is 2.